The van der Waals surface area contributed by atoms with E-state index in [4.69, 9.17) is 0 Å². The zero-order valence-electron chi connectivity index (χ0n) is 20.3. The number of nitro benzene ring substituents is 1. The maximum absolute atomic E-state index is 13.3. The molecule has 1 amide bonds. The Balaban J connectivity index is 1.81. The molecule has 0 aliphatic rings. The van der Waals surface area contributed by atoms with Crippen LogP contribution >= 0.6 is 0 Å². The van der Waals surface area contributed by atoms with Gasteiger partial charge in [-0.3, -0.25) is 19.2 Å². The monoisotopic (exact) mass is 508 g/mol. The normalized spacial score (nSPS) is 12.1. The van der Waals surface area contributed by atoms with Gasteiger partial charge in [-0.1, -0.05) is 62.4 Å². The van der Waals surface area contributed by atoms with Gasteiger partial charge in [0, 0.05) is 17.8 Å². The second-order valence-corrected chi connectivity index (χ2v) is 10.8. The largest absolute Gasteiger partial charge is 0.271 e. The number of nitrogens with one attached hydrogen (secondary N) is 1. The van der Waals surface area contributed by atoms with Crippen LogP contribution < -0.4 is 9.73 Å². The number of carbonyl (C=O) groups excluding carboxylic acids is 1. The van der Waals surface area contributed by atoms with E-state index in [-0.39, 0.29) is 21.7 Å². The van der Waals surface area contributed by atoms with Crippen molar-refractivity contribution in [1.29, 1.82) is 0 Å². The molecule has 0 radical (unpaired) electrons. The molecule has 0 unspecified atom stereocenters. The van der Waals surface area contributed by atoms with Crippen molar-refractivity contribution in [3.63, 3.8) is 0 Å². The molecule has 3 rings (SSSR count). The van der Waals surface area contributed by atoms with Gasteiger partial charge in [-0.25, -0.2) is 13.8 Å². The van der Waals surface area contributed by atoms with Crippen molar-refractivity contribution >= 4 is 33.0 Å². The van der Waals surface area contributed by atoms with Crippen LogP contribution in [0.25, 0.3) is 0 Å². The van der Waals surface area contributed by atoms with Gasteiger partial charge in [-0.05, 0) is 48.6 Å². The van der Waals surface area contributed by atoms with Gasteiger partial charge in [0.2, 0.25) is 0 Å². The summed E-state index contributed by atoms with van der Waals surface area (Å²) in [5, 5.41) is 15.2. The quantitative estimate of drug-likeness (QED) is 0.243. The smallest absolute Gasteiger partial charge is 0.269 e. The lowest BCUT2D eigenvalue weighted by Crippen LogP contribution is -2.39. The highest BCUT2D eigenvalue weighted by molar-refractivity contribution is 7.92. The van der Waals surface area contributed by atoms with Gasteiger partial charge in [0.25, 0.3) is 21.6 Å². The van der Waals surface area contributed by atoms with Crippen LogP contribution in [0.5, 0.6) is 0 Å². The fraction of sp³-hybridized carbons (Fsp3) is 0.231. The molecule has 0 aliphatic carbocycles. The summed E-state index contributed by atoms with van der Waals surface area (Å²) in [5.74, 6) is -0.648. The molecular formula is C26H28N4O5S. The summed E-state index contributed by atoms with van der Waals surface area (Å²) in [4.78, 5) is 23.2. The van der Waals surface area contributed by atoms with E-state index in [0.717, 1.165) is 9.87 Å². The molecule has 9 nitrogen and oxygen atoms in total. The maximum atomic E-state index is 13.3. The van der Waals surface area contributed by atoms with Crippen molar-refractivity contribution in [2.75, 3.05) is 10.8 Å². The second-order valence-electron chi connectivity index (χ2n) is 8.91. The van der Waals surface area contributed by atoms with Crippen molar-refractivity contribution in [3.05, 3.63) is 101 Å². The Morgan fingerprint density at radius 2 is 1.53 bits per heavy atom. The highest BCUT2D eigenvalue weighted by atomic mass is 32.2. The molecule has 3 aromatic carbocycles. The lowest BCUT2D eigenvalue weighted by molar-refractivity contribution is -0.384. The average molecular weight is 509 g/mol. The van der Waals surface area contributed by atoms with E-state index in [9.17, 15) is 23.3 Å². The first-order valence-corrected chi connectivity index (χ1v) is 12.6. The Kier molecular flexibility index (Phi) is 8.21. The van der Waals surface area contributed by atoms with Crippen LogP contribution in [0.1, 0.15) is 32.8 Å². The number of benzene rings is 3. The molecule has 10 heteroatoms. The third-order valence-corrected chi connectivity index (χ3v) is 7.38. The molecule has 0 heterocycles. The molecule has 0 bridgehead atoms. The topological polar surface area (TPSA) is 122 Å². The van der Waals surface area contributed by atoms with E-state index in [1.807, 2.05) is 30.3 Å². The van der Waals surface area contributed by atoms with Gasteiger partial charge in [0.15, 0.2) is 0 Å². The minimum Gasteiger partial charge on any atom is -0.271 e. The lowest BCUT2D eigenvalue weighted by Gasteiger charge is -2.25. The Hall–Kier alpha value is -4.05. The minimum atomic E-state index is -4.13. The molecule has 0 atom stereocenters. The number of sulfonamides is 1. The van der Waals surface area contributed by atoms with Crippen molar-refractivity contribution < 1.29 is 18.1 Å². The Labute approximate surface area is 210 Å². The number of non-ortho nitro benzene ring substituents is 1. The van der Waals surface area contributed by atoms with Crippen molar-refractivity contribution in [3.8, 4) is 0 Å². The van der Waals surface area contributed by atoms with E-state index < -0.39 is 27.4 Å². The molecule has 0 aliphatic heterocycles. The molecule has 36 heavy (non-hydrogen) atoms. The summed E-state index contributed by atoms with van der Waals surface area (Å²) in [5.41, 5.74) is 3.95. The molecule has 0 fully saturated rings. The SMILES string of the molecule is C/C(CC(C)(C)c1ccccc1)=N/NC(=O)CN(c1ccc([N+](=O)[O-])cc1)S(=O)(=O)c1ccccc1. The summed E-state index contributed by atoms with van der Waals surface area (Å²) < 4.78 is 27.6. The average Bonchev–Trinajstić information content (AvgIpc) is 2.87. The van der Waals surface area contributed by atoms with Gasteiger partial charge in [-0.2, -0.15) is 5.10 Å². The number of nitrogens with zero attached hydrogens (tertiary/aromatic N) is 3. The maximum Gasteiger partial charge on any atom is 0.269 e. The lowest BCUT2D eigenvalue weighted by atomic mass is 9.80. The Morgan fingerprint density at radius 3 is 2.08 bits per heavy atom. The number of nitro groups is 1. The standard InChI is InChI=1S/C26H28N4O5S/c1-20(18-26(2,3)21-10-6-4-7-11-21)27-28-25(31)19-29(22-14-16-23(17-15-22)30(32)33)36(34,35)24-12-8-5-9-13-24/h4-17H,18-19H2,1-3H3,(H,28,31)/b27-20-. The Bertz CT molecular complexity index is 1340. The summed E-state index contributed by atoms with van der Waals surface area (Å²) in [7, 11) is -4.13. The van der Waals surface area contributed by atoms with Gasteiger partial charge in [-0.15, -0.1) is 0 Å². The first kappa shape index (κ1) is 26.6. The number of carbonyl (C=O) groups is 1. The fourth-order valence-corrected chi connectivity index (χ4v) is 5.21. The van der Waals surface area contributed by atoms with Crippen molar-refractivity contribution in [1.82, 2.24) is 5.43 Å². The number of amides is 1. The van der Waals surface area contributed by atoms with E-state index in [1.54, 1.807) is 25.1 Å². The summed E-state index contributed by atoms with van der Waals surface area (Å²) >= 11 is 0. The summed E-state index contributed by atoms with van der Waals surface area (Å²) in [6.07, 6.45) is 0.575. The molecule has 0 saturated carbocycles. The molecule has 0 spiro atoms. The van der Waals surface area contributed by atoms with Crippen LogP contribution in [0.15, 0.2) is 94.9 Å². The summed E-state index contributed by atoms with van der Waals surface area (Å²) in [6.45, 7) is 5.38. The number of rotatable bonds is 10. The number of anilines is 1. The van der Waals surface area contributed by atoms with E-state index in [2.05, 4.69) is 24.4 Å². The van der Waals surface area contributed by atoms with Crippen LogP contribution in [-0.2, 0) is 20.2 Å². The summed E-state index contributed by atoms with van der Waals surface area (Å²) in [6, 6.07) is 22.6. The highest BCUT2D eigenvalue weighted by Gasteiger charge is 2.28. The minimum absolute atomic E-state index is 0.0135. The third kappa shape index (κ3) is 6.54. The molecular weight excluding hydrogens is 480 g/mol. The molecule has 0 aromatic heterocycles. The van der Waals surface area contributed by atoms with Gasteiger partial charge in [0.05, 0.1) is 15.5 Å². The highest BCUT2D eigenvalue weighted by Crippen LogP contribution is 2.28. The van der Waals surface area contributed by atoms with E-state index >= 15 is 0 Å². The number of hydrogen-bond donors (Lipinski definition) is 1. The zero-order valence-corrected chi connectivity index (χ0v) is 21.1. The van der Waals surface area contributed by atoms with Gasteiger partial charge < -0.3 is 0 Å². The van der Waals surface area contributed by atoms with E-state index in [1.165, 1.54) is 36.4 Å². The molecule has 0 saturated heterocycles. The number of hydrogen-bond acceptors (Lipinski definition) is 6. The van der Waals surface area contributed by atoms with Crippen LogP contribution in [0.4, 0.5) is 11.4 Å². The van der Waals surface area contributed by atoms with Crippen LogP contribution in [0.2, 0.25) is 0 Å². The fourth-order valence-electron chi connectivity index (χ4n) is 3.77. The third-order valence-electron chi connectivity index (χ3n) is 5.59. The first-order chi connectivity index (χ1) is 17.0. The predicted octanol–water partition coefficient (Wildman–Crippen LogP) is 4.65. The number of hydrazone groups is 1. The van der Waals surface area contributed by atoms with Crippen LogP contribution in [0, 0.1) is 10.1 Å². The van der Waals surface area contributed by atoms with Crippen molar-refractivity contribution in [2.24, 2.45) is 5.10 Å². The predicted molar refractivity (Wildman–Crippen MR) is 139 cm³/mol. The second kappa shape index (κ2) is 11.1. The zero-order chi connectivity index (χ0) is 26.3. The van der Waals surface area contributed by atoms with Crippen molar-refractivity contribution in [2.45, 2.75) is 37.5 Å². The molecule has 188 valence electrons. The first-order valence-electron chi connectivity index (χ1n) is 11.2. The Morgan fingerprint density at radius 1 is 0.972 bits per heavy atom. The molecule has 1 N–H and O–H groups in total. The van der Waals surface area contributed by atoms with Gasteiger partial charge in [0.1, 0.15) is 6.54 Å². The molecule has 3 aromatic rings. The van der Waals surface area contributed by atoms with Crippen LogP contribution in [0.3, 0.4) is 0 Å². The van der Waals surface area contributed by atoms with E-state index in [0.29, 0.717) is 12.1 Å². The van der Waals surface area contributed by atoms with Crippen LogP contribution in [-0.4, -0.2) is 31.5 Å². The van der Waals surface area contributed by atoms with Gasteiger partial charge >= 0.3 is 0 Å².